The zero-order valence-corrected chi connectivity index (χ0v) is 14.6. The normalized spacial score (nSPS) is 12.1. The van der Waals surface area contributed by atoms with Crippen molar-refractivity contribution in [3.63, 3.8) is 0 Å². The lowest BCUT2D eigenvalue weighted by Crippen LogP contribution is -2.44. The topological polar surface area (TPSA) is 65.7 Å². The Hall–Kier alpha value is -1.02. The van der Waals surface area contributed by atoms with E-state index in [0.717, 1.165) is 31.1 Å². The molecule has 0 radical (unpaired) electrons. The molecule has 0 aliphatic heterocycles. The van der Waals surface area contributed by atoms with Crippen LogP contribution in [0.5, 0.6) is 0 Å². The SMILES string of the molecule is CO[Si](CCCNCCN)(OC)OCC=Cc1ccccc1. The van der Waals surface area contributed by atoms with Gasteiger partial charge in [0, 0.05) is 33.4 Å². The predicted octanol–water partition coefficient (Wildman–Crippen LogP) is 1.89. The molecule has 0 unspecified atom stereocenters. The first-order valence-electron chi connectivity index (χ1n) is 7.63. The summed E-state index contributed by atoms with van der Waals surface area (Å²) in [6.07, 6.45) is 4.96. The molecule has 1 aromatic carbocycles. The summed E-state index contributed by atoms with van der Waals surface area (Å²) in [7, 11) is 0.749. The van der Waals surface area contributed by atoms with Gasteiger partial charge in [0.1, 0.15) is 0 Å². The average Bonchev–Trinajstić information content (AvgIpc) is 2.58. The van der Waals surface area contributed by atoms with E-state index in [9.17, 15) is 0 Å². The first-order valence-corrected chi connectivity index (χ1v) is 9.56. The molecule has 5 nitrogen and oxygen atoms in total. The number of benzene rings is 1. The van der Waals surface area contributed by atoms with E-state index in [0.29, 0.717) is 13.2 Å². The van der Waals surface area contributed by atoms with Gasteiger partial charge in [0.2, 0.25) is 0 Å². The lowest BCUT2D eigenvalue weighted by molar-refractivity contribution is 0.109. The number of nitrogens with one attached hydrogen (secondary N) is 1. The Morgan fingerprint density at radius 1 is 1.14 bits per heavy atom. The maximum absolute atomic E-state index is 5.91. The van der Waals surface area contributed by atoms with Gasteiger partial charge in [-0.05, 0) is 18.5 Å². The maximum Gasteiger partial charge on any atom is 0.500 e. The second-order valence-corrected chi connectivity index (χ2v) is 7.83. The van der Waals surface area contributed by atoms with Crippen molar-refractivity contribution < 1.29 is 13.3 Å². The third-order valence-electron chi connectivity index (χ3n) is 3.29. The summed E-state index contributed by atoms with van der Waals surface area (Å²) in [6.45, 7) is 2.86. The van der Waals surface area contributed by atoms with Crippen molar-refractivity contribution >= 4 is 14.9 Å². The second-order valence-electron chi connectivity index (χ2n) is 4.86. The fourth-order valence-corrected chi connectivity index (χ4v) is 3.97. The molecule has 0 spiro atoms. The first kappa shape index (κ1) is 19.0. The van der Waals surface area contributed by atoms with Crippen molar-refractivity contribution in [1.82, 2.24) is 5.32 Å². The third kappa shape index (κ3) is 7.30. The maximum atomic E-state index is 5.91. The van der Waals surface area contributed by atoms with Crippen molar-refractivity contribution in [2.75, 3.05) is 40.5 Å². The Morgan fingerprint density at radius 2 is 1.86 bits per heavy atom. The molecule has 0 amide bonds. The molecule has 0 saturated heterocycles. The summed E-state index contributed by atoms with van der Waals surface area (Å²) in [5.74, 6) is 0. The van der Waals surface area contributed by atoms with Crippen LogP contribution in [0.2, 0.25) is 6.04 Å². The van der Waals surface area contributed by atoms with E-state index in [-0.39, 0.29) is 0 Å². The van der Waals surface area contributed by atoms with Crippen molar-refractivity contribution in [2.45, 2.75) is 12.5 Å². The van der Waals surface area contributed by atoms with Gasteiger partial charge in [-0.15, -0.1) is 0 Å². The van der Waals surface area contributed by atoms with Gasteiger partial charge in [-0.1, -0.05) is 42.5 Å². The fourth-order valence-electron chi connectivity index (χ4n) is 2.06. The van der Waals surface area contributed by atoms with Crippen LogP contribution in [-0.4, -0.2) is 49.3 Å². The molecular formula is C16H28N2O3Si. The molecule has 124 valence electrons. The minimum atomic E-state index is -2.56. The fraction of sp³-hybridized carbons (Fsp3) is 0.500. The standard InChI is InChI=1S/C16H28N2O3Si/c1-19-22(20-2,15-7-12-18-13-11-17)21-14-6-10-16-8-4-3-5-9-16/h3-6,8-10,18H,7,11-15,17H2,1-2H3. The molecule has 0 aliphatic rings. The minimum absolute atomic E-state index is 0.485. The third-order valence-corrected chi connectivity index (χ3v) is 6.11. The summed E-state index contributed by atoms with van der Waals surface area (Å²) >= 11 is 0. The number of rotatable bonds is 12. The summed E-state index contributed by atoms with van der Waals surface area (Å²) in [5.41, 5.74) is 6.59. The number of nitrogens with two attached hydrogens (primary N) is 1. The molecule has 0 atom stereocenters. The van der Waals surface area contributed by atoms with Gasteiger partial charge in [-0.2, -0.15) is 0 Å². The molecule has 0 fully saturated rings. The molecule has 0 bridgehead atoms. The zero-order valence-electron chi connectivity index (χ0n) is 13.6. The molecule has 0 aromatic heterocycles. The average molecular weight is 324 g/mol. The molecule has 0 aliphatic carbocycles. The van der Waals surface area contributed by atoms with E-state index in [2.05, 4.69) is 17.4 Å². The van der Waals surface area contributed by atoms with Crippen molar-refractivity contribution in [1.29, 1.82) is 0 Å². The highest BCUT2D eigenvalue weighted by Gasteiger charge is 2.37. The molecule has 22 heavy (non-hydrogen) atoms. The molecule has 0 saturated carbocycles. The summed E-state index contributed by atoms with van der Waals surface area (Å²) in [5, 5.41) is 3.26. The van der Waals surface area contributed by atoms with E-state index < -0.39 is 8.80 Å². The van der Waals surface area contributed by atoms with Gasteiger partial charge in [-0.25, -0.2) is 0 Å². The largest absolute Gasteiger partial charge is 0.500 e. The van der Waals surface area contributed by atoms with E-state index in [4.69, 9.17) is 19.0 Å². The predicted molar refractivity (Wildman–Crippen MR) is 92.5 cm³/mol. The Bertz CT molecular complexity index is 411. The molecule has 3 N–H and O–H groups in total. The highest BCUT2D eigenvalue weighted by atomic mass is 28.4. The molecule has 0 heterocycles. The van der Waals surface area contributed by atoms with Gasteiger partial charge in [-0.3, -0.25) is 0 Å². The lowest BCUT2D eigenvalue weighted by Gasteiger charge is -2.25. The van der Waals surface area contributed by atoms with Crippen LogP contribution in [0.25, 0.3) is 6.08 Å². The number of hydrogen-bond donors (Lipinski definition) is 2. The monoisotopic (exact) mass is 324 g/mol. The van der Waals surface area contributed by atoms with Gasteiger partial charge >= 0.3 is 8.80 Å². The van der Waals surface area contributed by atoms with Crippen LogP contribution in [-0.2, 0) is 13.3 Å². The highest BCUT2D eigenvalue weighted by Crippen LogP contribution is 2.16. The van der Waals surface area contributed by atoms with Crippen LogP contribution in [0.4, 0.5) is 0 Å². The van der Waals surface area contributed by atoms with Crippen molar-refractivity contribution in [3.05, 3.63) is 42.0 Å². The van der Waals surface area contributed by atoms with Crippen LogP contribution < -0.4 is 11.1 Å². The summed E-state index contributed by atoms with van der Waals surface area (Å²) in [4.78, 5) is 0. The van der Waals surface area contributed by atoms with Crippen LogP contribution in [0, 0.1) is 0 Å². The smallest absolute Gasteiger partial charge is 0.377 e. The Labute approximate surface area is 134 Å². The van der Waals surface area contributed by atoms with Crippen LogP contribution in [0.15, 0.2) is 36.4 Å². The molecule has 6 heteroatoms. The van der Waals surface area contributed by atoms with E-state index in [1.807, 2.05) is 30.4 Å². The van der Waals surface area contributed by atoms with Crippen molar-refractivity contribution in [3.8, 4) is 0 Å². The van der Waals surface area contributed by atoms with Crippen LogP contribution >= 0.6 is 0 Å². The molecule has 1 rings (SSSR count). The Kier molecular flexibility index (Phi) is 9.97. The Balaban J connectivity index is 2.37. The van der Waals surface area contributed by atoms with Crippen LogP contribution in [0.3, 0.4) is 0 Å². The zero-order chi connectivity index (χ0) is 16.1. The molecule has 1 aromatic rings. The lowest BCUT2D eigenvalue weighted by atomic mass is 10.2. The van der Waals surface area contributed by atoms with Gasteiger partial charge in [0.05, 0.1) is 6.61 Å². The Morgan fingerprint density at radius 3 is 2.50 bits per heavy atom. The summed E-state index contributed by atoms with van der Waals surface area (Å²) < 4.78 is 17.0. The van der Waals surface area contributed by atoms with Crippen molar-refractivity contribution in [2.24, 2.45) is 5.73 Å². The van der Waals surface area contributed by atoms with Gasteiger partial charge in [0.25, 0.3) is 0 Å². The number of hydrogen-bond acceptors (Lipinski definition) is 5. The summed E-state index contributed by atoms with van der Waals surface area (Å²) in [6, 6.07) is 10.9. The minimum Gasteiger partial charge on any atom is -0.377 e. The quantitative estimate of drug-likeness (QED) is 0.454. The second kappa shape index (κ2) is 11.5. The highest BCUT2D eigenvalue weighted by molar-refractivity contribution is 6.60. The van der Waals surface area contributed by atoms with E-state index in [1.54, 1.807) is 14.2 Å². The first-order chi connectivity index (χ1) is 10.8. The molecular weight excluding hydrogens is 296 g/mol. The van der Waals surface area contributed by atoms with Gasteiger partial charge in [0.15, 0.2) is 0 Å². The van der Waals surface area contributed by atoms with Gasteiger partial charge < -0.3 is 24.3 Å². The van der Waals surface area contributed by atoms with E-state index >= 15 is 0 Å². The van der Waals surface area contributed by atoms with E-state index in [1.165, 1.54) is 0 Å². The van der Waals surface area contributed by atoms with Crippen LogP contribution in [0.1, 0.15) is 12.0 Å².